The van der Waals surface area contributed by atoms with Crippen LogP contribution in [-0.4, -0.2) is 68.7 Å². The predicted octanol–water partition coefficient (Wildman–Crippen LogP) is 3.86. The molecule has 1 aliphatic rings. The Kier molecular flexibility index (Phi) is 7.32. The number of hydrogen-bond donors (Lipinski definition) is 0. The third kappa shape index (κ3) is 5.10. The number of nitrogens with zero attached hydrogens (tertiary/aromatic N) is 3. The van der Waals surface area contributed by atoms with Gasteiger partial charge in [0, 0.05) is 51.8 Å². The van der Waals surface area contributed by atoms with E-state index in [0.717, 1.165) is 16.4 Å². The number of piperazine rings is 1. The Labute approximate surface area is 192 Å². The molecule has 1 fully saturated rings. The minimum absolute atomic E-state index is 0.0157. The molecule has 6 nitrogen and oxygen atoms in total. The molecule has 0 N–H and O–H groups in total. The number of sulfonamides is 1. The Bertz CT molecular complexity index is 1040. The number of carbonyl (C=O) groups excluding carboxylic acids is 1. The van der Waals surface area contributed by atoms with E-state index >= 15 is 0 Å². The van der Waals surface area contributed by atoms with Gasteiger partial charge in [-0.15, -0.1) is 0 Å². The van der Waals surface area contributed by atoms with Crippen molar-refractivity contribution in [2.24, 2.45) is 0 Å². The van der Waals surface area contributed by atoms with E-state index in [9.17, 15) is 13.2 Å². The molecular weight excluding hydrogens is 469 g/mol. The number of rotatable bonds is 5. The lowest BCUT2D eigenvalue weighted by atomic mass is 10.1. The van der Waals surface area contributed by atoms with Gasteiger partial charge in [-0.3, -0.25) is 9.69 Å². The molecule has 10 heteroatoms. The molecule has 162 valence electrons. The van der Waals surface area contributed by atoms with Crippen LogP contribution in [0.5, 0.6) is 0 Å². The summed E-state index contributed by atoms with van der Waals surface area (Å²) in [6, 6.07) is 10.3. The second kappa shape index (κ2) is 9.42. The fourth-order valence-electron chi connectivity index (χ4n) is 3.21. The van der Waals surface area contributed by atoms with Crippen molar-refractivity contribution in [3.8, 4) is 0 Å². The van der Waals surface area contributed by atoms with Gasteiger partial charge in [0.15, 0.2) is 0 Å². The summed E-state index contributed by atoms with van der Waals surface area (Å²) >= 11 is 18.3. The normalized spacial score (nSPS) is 15.6. The molecule has 0 spiro atoms. The van der Waals surface area contributed by atoms with Crippen molar-refractivity contribution in [3.05, 3.63) is 62.6 Å². The number of amides is 1. The monoisotopic (exact) mass is 489 g/mol. The van der Waals surface area contributed by atoms with E-state index in [0.29, 0.717) is 31.2 Å². The molecule has 30 heavy (non-hydrogen) atoms. The van der Waals surface area contributed by atoms with Crippen molar-refractivity contribution in [1.29, 1.82) is 0 Å². The summed E-state index contributed by atoms with van der Waals surface area (Å²) in [6.45, 7) is 3.19. The van der Waals surface area contributed by atoms with E-state index in [1.54, 1.807) is 4.90 Å². The Morgan fingerprint density at radius 2 is 1.57 bits per heavy atom. The summed E-state index contributed by atoms with van der Waals surface area (Å²) < 4.78 is 26.1. The molecule has 1 saturated heterocycles. The van der Waals surface area contributed by atoms with E-state index in [1.807, 2.05) is 24.3 Å². The minimum Gasteiger partial charge on any atom is -0.336 e. The van der Waals surface area contributed by atoms with Crippen LogP contribution in [-0.2, 0) is 16.6 Å². The summed E-state index contributed by atoms with van der Waals surface area (Å²) in [6.07, 6.45) is 0. The molecule has 0 saturated carbocycles. The molecule has 0 aliphatic carbocycles. The van der Waals surface area contributed by atoms with Crippen molar-refractivity contribution < 1.29 is 13.2 Å². The van der Waals surface area contributed by atoms with Crippen LogP contribution in [0.4, 0.5) is 0 Å². The first-order valence-corrected chi connectivity index (χ1v) is 11.8. The summed E-state index contributed by atoms with van der Waals surface area (Å²) in [5, 5.41) is 0.814. The Balaban J connectivity index is 1.72. The molecule has 3 rings (SSSR count). The third-order valence-corrected chi connectivity index (χ3v) is 7.83. The number of benzene rings is 2. The highest BCUT2D eigenvalue weighted by molar-refractivity contribution is 7.89. The van der Waals surface area contributed by atoms with Crippen molar-refractivity contribution in [1.82, 2.24) is 14.1 Å². The Morgan fingerprint density at radius 3 is 2.13 bits per heavy atom. The minimum atomic E-state index is -3.80. The quantitative estimate of drug-likeness (QED) is 0.639. The Hall–Kier alpha value is -1.35. The van der Waals surface area contributed by atoms with E-state index in [4.69, 9.17) is 34.8 Å². The number of halogens is 3. The van der Waals surface area contributed by atoms with Crippen LogP contribution in [0.1, 0.15) is 15.9 Å². The summed E-state index contributed by atoms with van der Waals surface area (Å²) in [7, 11) is -0.994. The van der Waals surface area contributed by atoms with Crippen LogP contribution in [0.25, 0.3) is 0 Å². The lowest BCUT2D eigenvalue weighted by molar-refractivity contribution is 0.0628. The average molecular weight is 491 g/mol. The van der Waals surface area contributed by atoms with Gasteiger partial charge in [0.1, 0.15) is 4.90 Å². The van der Waals surface area contributed by atoms with Crippen LogP contribution in [0.15, 0.2) is 41.3 Å². The molecule has 0 bridgehead atoms. The molecule has 0 aromatic heterocycles. The second-order valence-electron chi connectivity index (χ2n) is 7.24. The van der Waals surface area contributed by atoms with E-state index in [2.05, 4.69) is 4.90 Å². The zero-order valence-electron chi connectivity index (χ0n) is 16.6. The van der Waals surface area contributed by atoms with Crippen molar-refractivity contribution in [2.75, 3.05) is 40.3 Å². The first-order valence-electron chi connectivity index (χ1n) is 9.27. The molecule has 0 atom stereocenters. The van der Waals surface area contributed by atoms with Gasteiger partial charge in [-0.25, -0.2) is 12.7 Å². The largest absolute Gasteiger partial charge is 0.336 e. The van der Waals surface area contributed by atoms with Gasteiger partial charge in [-0.2, -0.15) is 0 Å². The smallest absolute Gasteiger partial charge is 0.255 e. The standard InChI is InChI=1S/C20H22Cl3N3O3S/c1-24(2)30(28,29)19-11-16(17(22)12-18(19)23)20(27)26-9-7-25(8-10-26)13-14-3-5-15(21)6-4-14/h3-6,11-12H,7-10,13H2,1-2H3. The first kappa shape index (κ1) is 23.3. The van der Waals surface area contributed by atoms with Crippen LogP contribution < -0.4 is 0 Å². The number of hydrogen-bond acceptors (Lipinski definition) is 4. The van der Waals surface area contributed by atoms with Gasteiger partial charge < -0.3 is 4.90 Å². The van der Waals surface area contributed by atoms with Gasteiger partial charge in [-0.1, -0.05) is 46.9 Å². The van der Waals surface area contributed by atoms with Crippen LogP contribution in [0.3, 0.4) is 0 Å². The van der Waals surface area contributed by atoms with Gasteiger partial charge in [-0.05, 0) is 29.8 Å². The molecule has 2 aromatic carbocycles. The third-order valence-electron chi connectivity index (χ3n) is 4.99. The van der Waals surface area contributed by atoms with Crippen LogP contribution in [0.2, 0.25) is 15.1 Å². The maximum atomic E-state index is 13.0. The van der Waals surface area contributed by atoms with E-state index < -0.39 is 10.0 Å². The lowest BCUT2D eigenvalue weighted by Gasteiger charge is -2.35. The van der Waals surface area contributed by atoms with Crippen molar-refractivity contribution in [2.45, 2.75) is 11.4 Å². The highest BCUT2D eigenvalue weighted by atomic mass is 35.5. The molecule has 1 heterocycles. The highest BCUT2D eigenvalue weighted by Crippen LogP contribution is 2.31. The zero-order chi connectivity index (χ0) is 22.1. The fourth-order valence-corrected chi connectivity index (χ4v) is 5.06. The summed E-state index contributed by atoms with van der Waals surface area (Å²) in [5.41, 5.74) is 1.28. The number of carbonyl (C=O) groups is 1. The van der Waals surface area contributed by atoms with Crippen LogP contribution in [0, 0.1) is 0 Å². The molecule has 2 aromatic rings. The molecule has 1 amide bonds. The van der Waals surface area contributed by atoms with Gasteiger partial charge in [0.05, 0.1) is 15.6 Å². The maximum Gasteiger partial charge on any atom is 0.255 e. The van der Waals surface area contributed by atoms with E-state index in [1.165, 1.54) is 26.2 Å². The zero-order valence-corrected chi connectivity index (χ0v) is 19.7. The van der Waals surface area contributed by atoms with Gasteiger partial charge >= 0.3 is 0 Å². The Morgan fingerprint density at radius 1 is 0.967 bits per heavy atom. The average Bonchev–Trinajstić information content (AvgIpc) is 2.69. The summed E-state index contributed by atoms with van der Waals surface area (Å²) in [5.74, 6) is -0.307. The first-order chi connectivity index (χ1) is 14.1. The van der Waals surface area contributed by atoms with Crippen LogP contribution >= 0.6 is 34.8 Å². The SMILES string of the molecule is CN(C)S(=O)(=O)c1cc(C(=O)N2CCN(Cc3ccc(Cl)cc3)CC2)c(Cl)cc1Cl. The topological polar surface area (TPSA) is 60.9 Å². The predicted molar refractivity (Wildman–Crippen MR) is 120 cm³/mol. The van der Waals surface area contributed by atoms with Crippen molar-refractivity contribution >= 4 is 50.7 Å². The van der Waals surface area contributed by atoms with E-state index in [-0.39, 0.29) is 26.4 Å². The lowest BCUT2D eigenvalue weighted by Crippen LogP contribution is -2.48. The maximum absolute atomic E-state index is 13.0. The molecule has 0 radical (unpaired) electrons. The fraction of sp³-hybridized carbons (Fsp3) is 0.350. The molecular formula is C20H22Cl3N3O3S. The highest BCUT2D eigenvalue weighted by Gasteiger charge is 2.28. The van der Waals surface area contributed by atoms with Gasteiger partial charge in [0.25, 0.3) is 5.91 Å². The molecule has 0 unspecified atom stereocenters. The van der Waals surface area contributed by atoms with Crippen molar-refractivity contribution in [3.63, 3.8) is 0 Å². The second-order valence-corrected chi connectivity index (χ2v) is 10.6. The van der Waals surface area contributed by atoms with Gasteiger partial charge in [0.2, 0.25) is 10.0 Å². The summed E-state index contributed by atoms with van der Waals surface area (Å²) in [4.78, 5) is 16.8. The molecule has 1 aliphatic heterocycles.